The van der Waals surface area contributed by atoms with E-state index < -0.39 is 20.7 Å². The van der Waals surface area contributed by atoms with Crippen LogP contribution < -0.4 is 10.6 Å². The molecular formula is C11H20N2O6P2. The molecule has 1 aromatic rings. The van der Waals surface area contributed by atoms with Gasteiger partial charge in [-0.3, -0.25) is 14.4 Å². The van der Waals surface area contributed by atoms with Crippen molar-refractivity contribution in [1.82, 2.24) is 5.32 Å². The summed E-state index contributed by atoms with van der Waals surface area (Å²) in [6.07, 6.45) is 1.22. The van der Waals surface area contributed by atoms with Crippen LogP contribution in [0, 0.1) is 0 Å². The van der Waals surface area contributed by atoms with Gasteiger partial charge in [0, 0.05) is 12.2 Å². The fraction of sp³-hybridized carbons (Fsp3) is 0.455. The van der Waals surface area contributed by atoms with Gasteiger partial charge in [-0.15, -0.1) is 0 Å². The lowest BCUT2D eigenvalue weighted by molar-refractivity contribution is 0.327. The van der Waals surface area contributed by atoms with Crippen LogP contribution in [0.3, 0.4) is 0 Å². The minimum absolute atomic E-state index is 0.108. The summed E-state index contributed by atoms with van der Waals surface area (Å²) in [6, 6.07) is 9.52. The first kappa shape index (κ1) is 18.3. The molecule has 0 saturated carbocycles. The first-order valence-corrected chi connectivity index (χ1v) is 9.70. The SMILES string of the molecule is O=P(O)(O)C(NCCCCNc1ccccc1)P(=O)(O)O. The molecule has 0 saturated heterocycles. The molecule has 0 fully saturated rings. The van der Waals surface area contributed by atoms with E-state index in [4.69, 9.17) is 19.6 Å². The fourth-order valence-electron chi connectivity index (χ4n) is 1.70. The van der Waals surface area contributed by atoms with Crippen LogP contribution >= 0.6 is 15.2 Å². The van der Waals surface area contributed by atoms with Gasteiger partial charge >= 0.3 is 15.2 Å². The van der Waals surface area contributed by atoms with E-state index in [0.717, 1.165) is 5.69 Å². The molecule has 0 bridgehead atoms. The molecule has 120 valence electrons. The Balaban J connectivity index is 2.26. The van der Waals surface area contributed by atoms with Gasteiger partial charge in [0.2, 0.25) is 5.52 Å². The van der Waals surface area contributed by atoms with Crippen LogP contribution in [0.1, 0.15) is 12.8 Å². The monoisotopic (exact) mass is 338 g/mol. The van der Waals surface area contributed by atoms with Crippen molar-refractivity contribution in [3.05, 3.63) is 30.3 Å². The van der Waals surface area contributed by atoms with E-state index in [1.54, 1.807) is 0 Å². The summed E-state index contributed by atoms with van der Waals surface area (Å²) in [5.74, 6) is 0. The van der Waals surface area contributed by atoms with Gasteiger partial charge in [0.15, 0.2) is 0 Å². The number of unbranched alkanes of at least 4 members (excludes halogenated alkanes) is 1. The molecule has 0 aliphatic heterocycles. The zero-order valence-corrected chi connectivity index (χ0v) is 13.1. The third-order valence-electron chi connectivity index (χ3n) is 2.67. The highest BCUT2D eigenvalue weighted by Gasteiger charge is 2.42. The Morgan fingerprint density at radius 2 is 1.43 bits per heavy atom. The second-order valence-electron chi connectivity index (χ2n) is 4.51. The molecule has 0 aromatic heterocycles. The number of benzene rings is 1. The van der Waals surface area contributed by atoms with Crippen LogP contribution in [0.2, 0.25) is 0 Å². The topological polar surface area (TPSA) is 139 Å². The first-order valence-electron chi connectivity index (χ1n) is 6.34. The quantitative estimate of drug-likeness (QED) is 0.291. The highest BCUT2D eigenvalue weighted by molar-refractivity contribution is 7.70. The van der Waals surface area contributed by atoms with Crippen molar-refractivity contribution in [2.45, 2.75) is 18.4 Å². The molecule has 21 heavy (non-hydrogen) atoms. The summed E-state index contributed by atoms with van der Waals surface area (Å²) in [6.45, 7) is 0.763. The Kier molecular flexibility index (Phi) is 7.03. The predicted molar refractivity (Wildman–Crippen MR) is 80.0 cm³/mol. The predicted octanol–water partition coefficient (Wildman–Crippen LogP) is 1.11. The van der Waals surface area contributed by atoms with Crippen LogP contribution in [-0.2, 0) is 9.13 Å². The highest BCUT2D eigenvalue weighted by atomic mass is 31.2. The number of anilines is 1. The third kappa shape index (κ3) is 7.20. The first-order chi connectivity index (χ1) is 9.71. The summed E-state index contributed by atoms with van der Waals surface area (Å²) in [4.78, 5) is 35.6. The molecule has 1 aromatic carbocycles. The van der Waals surface area contributed by atoms with Crippen molar-refractivity contribution in [3.63, 3.8) is 0 Å². The maximum absolute atomic E-state index is 11.0. The smallest absolute Gasteiger partial charge is 0.354 e. The van der Waals surface area contributed by atoms with E-state index in [0.29, 0.717) is 19.4 Å². The van der Waals surface area contributed by atoms with E-state index in [-0.39, 0.29) is 6.54 Å². The second kappa shape index (κ2) is 8.06. The molecule has 0 heterocycles. The van der Waals surface area contributed by atoms with E-state index in [1.165, 1.54) is 0 Å². The lowest BCUT2D eigenvalue weighted by Gasteiger charge is -2.20. The minimum atomic E-state index is -4.89. The molecule has 0 radical (unpaired) electrons. The number of hydrogen-bond acceptors (Lipinski definition) is 4. The minimum Gasteiger partial charge on any atom is -0.385 e. The molecule has 0 spiro atoms. The summed E-state index contributed by atoms with van der Waals surface area (Å²) in [5.41, 5.74) is -1.17. The van der Waals surface area contributed by atoms with Crippen LogP contribution in [-0.4, -0.2) is 38.2 Å². The Hall–Kier alpha value is -0.720. The largest absolute Gasteiger partial charge is 0.385 e. The lowest BCUT2D eigenvalue weighted by Crippen LogP contribution is -2.30. The van der Waals surface area contributed by atoms with Gasteiger partial charge in [0.1, 0.15) is 0 Å². The molecule has 0 aliphatic rings. The molecule has 0 aliphatic carbocycles. The van der Waals surface area contributed by atoms with Crippen LogP contribution in [0.5, 0.6) is 0 Å². The van der Waals surface area contributed by atoms with E-state index in [2.05, 4.69) is 10.6 Å². The van der Waals surface area contributed by atoms with E-state index in [1.807, 2.05) is 30.3 Å². The maximum atomic E-state index is 11.0. The maximum Gasteiger partial charge on any atom is 0.354 e. The van der Waals surface area contributed by atoms with E-state index >= 15 is 0 Å². The van der Waals surface area contributed by atoms with Crippen molar-refractivity contribution >= 4 is 20.9 Å². The normalized spacial score (nSPS) is 12.6. The van der Waals surface area contributed by atoms with Gasteiger partial charge in [0.05, 0.1) is 0 Å². The average molecular weight is 338 g/mol. The second-order valence-corrected chi connectivity index (χ2v) is 8.30. The van der Waals surface area contributed by atoms with E-state index in [9.17, 15) is 9.13 Å². The van der Waals surface area contributed by atoms with Crippen LogP contribution in [0.15, 0.2) is 30.3 Å². The number of rotatable bonds is 9. The molecule has 0 atom stereocenters. The molecule has 6 N–H and O–H groups in total. The molecule has 8 nitrogen and oxygen atoms in total. The van der Waals surface area contributed by atoms with Gasteiger partial charge in [-0.2, -0.15) is 0 Å². The Bertz CT molecular complexity index is 493. The Labute approximate surface area is 122 Å². The molecular weight excluding hydrogens is 318 g/mol. The third-order valence-corrected chi connectivity index (χ3v) is 6.12. The number of hydrogen-bond donors (Lipinski definition) is 6. The molecule has 0 amide bonds. The van der Waals surface area contributed by atoms with Crippen molar-refractivity contribution in [2.75, 3.05) is 18.4 Å². The summed E-state index contributed by atoms with van der Waals surface area (Å²) >= 11 is 0. The Morgan fingerprint density at radius 3 is 1.95 bits per heavy atom. The van der Waals surface area contributed by atoms with Gasteiger partial charge < -0.3 is 24.9 Å². The number of para-hydroxylation sites is 1. The van der Waals surface area contributed by atoms with Crippen molar-refractivity contribution in [2.24, 2.45) is 0 Å². The summed E-state index contributed by atoms with van der Waals surface area (Å²) < 4.78 is 22.0. The van der Waals surface area contributed by atoms with Gasteiger partial charge in [-0.25, -0.2) is 0 Å². The lowest BCUT2D eigenvalue weighted by atomic mass is 10.3. The van der Waals surface area contributed by atoms with Crippen molar-refractivity contribution < 1.29 is 28.7 Å². The molecule has 0 unspecified atom stereocenters. The molecule has 10 heteroatoms. The number of nitrogens with one attached hydrogen (secondary N) is 2. The molecule has 1 rings (SSSR count). The van der Waals surface area contributed by atoms with Crippen molar-refractivity contribution in [3.8, 4) is 0 Å². The average Bonchev–Trinajstić information content (AvgIpc) is 2.35. The standard InChI is InChI=1S/C11H20N2O6P2/c14-20(15,16)11(21(17,18)19)13-9-5-4-8-12-10-6-2-1-3-7-10/h1-3,6-7,11-13H,4-5,8-9H2,(H2,14,15,16)(H2,17,18,19). The van der Waals surface area contributed by atoms with Gasteiger partial charge in [0.25, 0.3) is 0 Å². The summed E-state index contributed by atoms with van der Waals surface area (Å²) in [5, 5.41) is 5.40. The highest BCUT2D eigenvalue weighted by Crippen LogP contribution is 2.58. The van der Waals surface area contributed by atoms with Crippen LogP contribution in [0.4, 0.5) is 5.69 Å². The Morgan fingerprint density at radius 1 is 0.905 bits per heavy atom. The van der Waals surface area contributed by atoms with Crippen LogP contribution in [0.25, 0.3) is 0 Å². The summed E-state index contributed by atoms with van der Waals surface area (Å²) in [7, 11) is -9.78. The van der Waals surface area contributed by atoms with Gasteiger partial charge in [-0.1, -0.05) is 18.2 Å². The fourth-order valence-corrected chi connectivity index (χ4v) is 4.01. The van der Waals surface area contributed by atoms with Crippen molar-refractivity contribution in [1.29, 1.82) is 0 Å². The zero-order valence-electron chi connectivity index (χ0n) is 11.3. The van der Waals surface area contributed by atoms with Gasteiger partial charge in [-0.05, 0) is 31.5 Å². The zero-order chi connectivity index (χ0) is 15.9.